The number of benzene rings is 1. The number of nitrogens with one attached hydrogen (secondary N) is 1. The first kappa shape index (κ1) is 16.6. The standard InChI is InChI=1S/C16H26N2O2S/c1-19-8-9-20-16-5-3-2-4-14(16)15(18-17)12-13-6-10-21-11-7-13/h2-5,13,15,18H,6-12,17H2,1H3. The quantitative estimate of drug-likeness (QED) is 0.439. The van der Waals surface area contributed by atoms with E-state index in [9.17, 15) is 0 Å². The molecule has 1 unspecified atom stereocenters. The number of ether oxygens (including phenoxy) is 2. The average molecular weight is 310 g/mol. The van der Waals surface area contributed by atoms with Crippen LogP contribution in [-0.4, -0.2) is 31.8 Å². The van der Waals surface area contributed by atoms with Gasteiger partial charge in [-0.1, -0.05) is 18.2 Å². The van der Waals surface area contributed by atoms with Gasteiger partial charge in [-0.2, -0.15) is 11.8 Å². The van der Waals surface area contributed by atoms with Crippen LogP contribution in [-0.2, 0) is 4.74 Å². The van der Waals surface area contributed by atoms with Crippen LogP contribution in [0.25, 0.3) is 0 Å². The molecule has 0 aliphatic carbocycles. The van der Waals surface area contributed by atoms with Gasteiger partial charge in [-0.15, -0.1) is 0 Å². The first-order valence-electron chi connectivity index (χ1n) is 7.59. The fraction of sp³-hybridized carbons (Fsp3) is 0.625. The fourth-order valence-electron chi connectivity index (χ4n) is 2.74. The number of nitrogens with two attached hydrogens (primary N) is 1. The SMILES string of the molecule is COCCOc1ccccc1C(CC1CCSCC1)NN. The second-order valence-corrected chi connectivity index (χ2v) is 6.61. The van der Waals surface area contributed by atoms with Crippen molar-refractivity contribution in [1.29, 1.82) is 0 Å². The second kappa shape index (κ2) is 9.30. The minimum absolute atomic E-state index is 0.150. The van der Waals surface area contributed by atoms with Crippen LogP contribution in [0.3, 0.4) is 0 Å². The molecule has 4 nitrogen and oxygen atoms in total. The predicted molar refractivity (Wildman–Crippen MR) is 88.5 cm³/mol. The Morgan fingerprint density at radius 2 is 2.05 bits per heavy atom. The van der Waals surface area contributed by atoms with Crippen molar-refractivity contribution in [3.8, 4) is 5.75 Å². The van der Waals surface area contributed by atoms with Crippen molar-refractivity contribution < 1.29 is 9.47 Å². The molecule has 0 amide bonds. The summed E-state index contributed by atoms with van der Waals surface area (Å²) in [5.41, 5.74) is 4.13. The molecule has 0 radical (unpaired) electrons. The Balaban J connectivity index is 2.02. The van der Waals surface area contributed by atoms with Gasteiger partial charge in [-0.05, 0) is 42.8 Å². The number of para-hydroxylation sites is 1. The highest BCUT2D eigenvalue weighted by molar-refractivity contribution is 7.99. The third-order valence-corrected chi connectivity index (χ3v) is 5.00. The molecule has 3 N–H and O–H groups in total. The van der Waals surface area contributed by atoms with Gasteiger partial charge in [0.1, 0.15) is 12.4 Å². The largest absolute Gasteiger partial charge is 0.491 e. The molecule has 1 aromatic carbocycles. The highest BCUT2D eigenvalue weighted by atomic mass is 32.2. The molecule has 1 aromatic rings. The molecule has 1 atom stereocenters. The van der Waals surface area contributed by atoms with Crippen LogP contribution < -0.4 is 16.0 Å². The number of hydrazine groups is 1. The van der Waals surface area contributed by atoms with Crippen LogP contribution >= 0.6 is 11.8 Å². The molecule has 1 saturated heterocycles. The molecule has 1 aliphatic rings. The van der Waals surface area contributed by atoms with Crippen molar-refractivity contribution in [2.45, 2.75) is 25.3 Å². The average Bonchev–Trinajstić information content (AvgIpc) is 2.54. The van der Waals surface area contributed by atoms with Gasteiger partial charge < -0.3 is 9.47 Å². The van der Waals surface area contributed by atoms with Gasteiger partial charge in [0.25, 0.3) is 0 Å². The monoisotopic (exact) mass is 310 g/mol. The Kier molecular flexibility index (Phi) is 7.36. The van der Waals surface area contributed by atoms with Crippen LogP contribution in [0.15, 0.2) is 24.3 Å². The Morgan fingerprint density at radius 1 is 1.29 bits per heavy atom. The molecule has 0 aromatic heterocycles. The zero-order valence-corrected chi connectivity index (χ0v) is 13.5. The maximum Gasteiger partial charge on any atom is 0.124 e. The van der Waals surface area contributed by atoms with Gasteiger partial charge in [0.15, 0.2) is 0 Å². The Hall–Kier alpha value is -0.750. The Bertz CT molecular complexity index is 411. The maximum atomic E-state index is 5.82. The Labute approximate surface area is 131 Å². The zero-order valence-electron chi connectivity index (χ0n) is 12.7. The zero-order chi connectivity index (χ0) is 14.9. The van der Waals surface area contributed by atoms with E-state index in [1.807, 2.05) is 18.2 Å². The molecule has 118 valence electrons. The third-order valence-electron chi connectivity index (χ3n) is 3.95. The topological polar surface area (TPSA) is 56.5 Å². The molecular formula is C16H26N2O2S. The highest BCUT2D eigenvalue weighted by Crippen LogP contribution is 2.34. The first-order chi connectivity index (χ1) is 10.3. The lowest BCUT2D eigenvalue weighted by atomic mass is 9.90. The van der Waals surface area contributed by atoms with Crippen LogP contribution in [0.5, 0.6) is 5.75 Å². The predicted octanol–water partition coefficient (Wildman–Crippen LogP) is 2.75. The number of rotatable bonds is 8. The van der Waals surface area contributed by atoms with E-state index in [1.54, 1.807) is 7.11 Å². The van der Waals surface area contributed by atoms with E-state index in [2.05, 4.69) is 23.3 Å². The van der Waals surface area contributed by atoms with E-state index in [4.69, 9.17) is 15.3 Å². The third kappa shape index (κ3) is 5.18. The van der Waals surface area contributed by atoms with Crippen LogP contribution in [0, 0.1) is 5.92 Å². The van der Waals surface area contributed by atoms with Gasteiger partial charge in [-0.3, -0.25) is 11.3 Å². The summed E-state index contributed by atoms with van der Waals surface area (Å²) in [4.78, 5) is 0. The molecule has 21 heavy (non-hydrogen) atoms. The number of methoxy groups -OCH3 is 1. The summed E-state index contributed by atoms with van der Waals surface area (Å²) in [6.07, 6.45) is 3.65. The van der Waals surface area contributed by atoms with E-state index in [0.29, 0.717) is 13.2 Å². The maximum absolute atomic E-state index is 5.82. The molecule has 1 fully saturated rings. The molecular weight excluding hydrogens is 284 g/mol. The van der Waals surface area contributed by atoms with E-state index >= 15 is 0 Å². The van der Waals surface area contributed by atoms with Crippen molar-refractivity contribution in [3.05, 3.63) is 29.8 Å². The van der Waals surface area contributed by atoms with Gasteiger partial charge in [-0.25, -0.2) is 0 Å². The summed E-state index contributed by atoms with van der Waals surface area (Å²) in [6.45, 7) is 1.15. The minimum Gasteiger partial charge on any atom is -0.491 e. The molecule has 1 aliphatic heterocycles. The molecule has 0 spiro atoms. The molecule has 1 heterocycles. The summed E-state index contributed by atoms with van der Waals surface area (Å²) in [5.74, 6) is 10.0. The van der Waals surface area contributed by atoms with Crippen molar-refractivity contribution in [1.82, 2.24) is 5.43 Å². The van der Waals surface area contributed by atoms with Crippen LogP contribution in [0.4, 0.5) is 0 Å². The van der Waals surface area contributed by atoms with Gasteiger partial charge in [0.2, 0.25) is 0 Å². The summed E-state index contributed by atoms with van der Waals surface area (Å²) < 4.78 is 10.9. The van der Waals surface area contributed by atoms with Gasteiger partial charge in [0, 0.05) is 18.7 Å². The number of hydrogen-bond donors (Lipinski definition) is 2. The lowest BCUT2D eigenvalue weighted by Crippen LogP contribution is -2.31. The second-order valence-electron chi connectivity index (χ2n) is 5.39. The Morgan fingerprint density at radius 3 is 2.76 bits per heavy atom. The lowest BCUT2D eigenvalue weighted by Gasteiger charge is -2.27. The van der Waals surface area contributed by atoms with Crippen molar-refractivity contribution in [2.24, 2.45) is 11.8 Å². The van der Waals surface area contributed by atoms with Crippen LogP contribution in [0.1, 0.15) is 30.9 Å². The molecule has 5 heteroatoms. The van der Waals surface area contributed by atoms with Gasteiger partial charge >= 0.3 is 0 Å². The summed E-state index contributed by atoms with van der Waals surface area (Å²) in [6, 6.07) is 8.30. The molecule has 0 saturated carbocycles. The smallest absolute Gasteiger partial charge is 0.124 e. The highest BCUT2D eigenvalue weighted by Gasteiger charge is 2.21. The van der Waals surface area contributed by atoms with E-state index < -0.39 is 0 Å². The fourth-order valence-corrected chi connectivity index (χ4v) is 3.94. The number of thioether (sulfide) groups is 1. The van der Waals surface area contributed by atoms with E-state index in [-0.39, 0.29) is 6.04 Å². The molecule has 2 rings (SSSR count). The van der Waals surface area contributed by atoms with E-state index in [1.165, 1.54) is 24.3 Å². The summed E-state index contributed by atoms with van der Waals surface area (Å²) in [7, 11) is 1.68. The first-order valence-corrected chi connectivity index (χ1v) is 8.75. The van der Waals surface area contributed by atoms with Crippen molar-refractivity contribution in [3.63, 3.8) is 0 Å². The normalized spacial score (nSPS) is 17.6. The van der Waals surface area contributed by atoms with Crippen molar-refractivity contribution in [2.75, 3.05) is 31.8 Å². The van der Waals surface area contributed by atoms with Crippen LogP contribution in [0.2, 0.25) is 0 Å². The summed E-state index contributed by atoms with van der Waals surface area (Å²) in [5, 5.41) is 0. The minimum atomic E-state index is 0.150. The number of hydrogen-bond acceptors (Lipinski definition) is 5. The summed E-state index contributed by atoms with van der Waals surface area (Å²) >= 11 is 2.06. The lowest BCUT2D eigenvalue weighted by molar-refractivity contribution is 0.145. The van der Waals surface area contributed by atoms with Gasteiger partial charge in [0.05, 0.1) is 6.61 Å². The van der Waals surface area contributed by atoms with Crippen molar-refractivity contribution >= 4 is 11.8 Å². The van der Waals surface area contributed by atoms with E-state index in [0.717, 1.165) is 23.7 Å². The molecule has 0 bridgehead atoms.